The minimum atomic E-state index is 0.599. The Morgan fingerprint density at radius 1 is 1.21 bits per heavy atom. The highest BCUT2D eigenvalue weighted by molar-refractivity contribution is 7.11. The first-order valence-corrected chi connectivity index (χ1v) is 7.56. The van der Waals surface area contributed by atoms with Crippen molar-refractivity contribution >= 4 is 22.9 Å². The van der Waals surface area contributed by atoms with Crippen molar-refractivity contribution in [2.75, 3.05) is 7.05 Å². The van der Waals surface area contributed by atoms with Crippen LogP contribution in [0, 0.1) is 0 Å². The van der Waals surface area contributed by atoms with Crippen LogP contribution in [0.2, 0.25) is 5.02 Å². The van der Waals surface area contributed by atoms with Gasteiger partial charge in [-0.1, -0.05) is 24.6 Å². The van der Waals surface area contributed by atoms with E-state index in [0.717, 1.165) is 22.8 Å². The zero-order valence-corrected chi connectivity index (χ0v) is 12.8. The summed E-state index contributed by atoms with van der Waals surface area (Å²) in [4.78, 5) is 2.63. The van der Waals surface area contributed by atoms with Crippen LogP contribution in [0.15, 0.2) is 30.3 Å². The minimum Gasteiger partial charge on any atom is -0.488 e. The Morgan fingerprint density at radius 2 is 2.00 bits per heavy atom. The van der Waals surface area contributed by atoms with Crippen molar-refractivity contribution in [1.82, 2.24) is 5.32 Å². The Hall–Kier alpha value is -1.03. The summed E-state index contributed by atoms with van der Waals surface area (Å²) in [5.74, 6) is 0.855. The van der Waals surface area contributed by atoms with E-state index < -0.39 is 0 Å². The van der Waals surface area contributed by atoms with Gasteiger partial charge in [0, 0.05) is 26.9 Å². The maximum Gasteiger partial charge on any atom is 0.125 e. The molecule has 0 saturated carbocycles. The van der Waals surface area contributed by atoms with Crippen molar-refractivity contribution in [3.05, 3.63) is 50.7 Å². The summed E-state index contributed by atoms with van der Waals surface area (Å²) in [7, 11) is 1.90. The molecule has 102 valence electrons. The number of halogens is 1. The molecule has 2 aromatic rings. The van der Waals surface area contributed by atoms with Gasteiger partial charge in [-0.3, -0.25) is 0 Å². The predicted molar refractivity (Wildman–Crippen MR) is 82.2 cm³/mol. The normalized spacial score (nSPS) is 10.7. The number of benzene rings is 1. The van der Waals surface area contributed by atoms with Gasteiger partial charge in [-0.15, -0.1) is 11.3 Å². The molecule has 0 saturated heterocycles. The molecule has 0 aliphatic heterocycles. The van der Waals surface area contributed by atoms with Crippen molar-refractivity contribution in [3.63, 3.8) is 0 Å². The summed E-state index contributed by atoms with van der Waals surface area (Å²) in [6.45, 7) is 3.47. The molecule has 1 N–H and O–H groups in total. The third-order valence-electron chi connectivity index (χ3n) is 2.87. The number of aryl methyl sites for hydroxylation is 1. The Kier molecular flexibility index (Phi) is 5.25. The summed E-state index contributed by atoms with van der Waals surface area (Å²) < 4.78 is 5.90. The third-order valence-corrected chi connectivity index (χ3v) is 4.42. The van der Waals surface area contributed by atoms with E-state index in [2.05, 4.69) is 24.4 Å². The van der Waals surface area contributed by atoms with Crippen molar-refractivity contribution in [2.45, 2.75) is 26.5 Å². The number of hydrogen-bond donors (Lipinski definition) is 1. The average molecular weight is 296 g/mol. The fourth-order valence-corrected chi connectivity index (χ4v) is 2.97. The molecule has 0 aliphatic carbocycles. The van der Waals surface area contributed by atoms with Crippen molar-refractivity contribution in [1.29, 1.82) is 0 Å². The molecule has 1 aromatic heterocycles. The van der Waals surface area contributed by atoms with Crippen molar-refractivity contribution < 1.29 is 4.74 Å². The first-order chi connectivity index (χ1) is 9.24. The van der Waals surface area contributed by atoms with Crippen LogP contribution in [0.3, 0.4) is 0 Å². The second kappa shape index (κ2) is 6.94. The lowest BCUT2D eigenvalue weighted by molar-refractivity contribution is 0.306. The molecular weight excluding hydrogens is 278 g/mol. The van der Waals surface area contributed by atoms with Gasteiger partial charge in [-0.25, -0.2) is 0 Å². The minimum absolute atomic E-state index is 0.599. The van der Waals surface area contributed by atoms with E-state index in [0.29, 0.717) is 13.2 Å². The molecular formula is C15H18ClNOS. The highest BCUT2D eigenvalue weighted by Gasteiger charge is 2.08. The van der Waals surface area contributed by atoms with Gasteiger partial charge in [0.05, 0.1) is 0 Å². The van der Waals surface area contributed by atoms with E-state index in [1.807, 2.05) is 25.2 Å². The largest absolute Gasteiger partial charge is 0.488 e. The van der Waals surface area contributed by atoms with Crippen LogP contribution in [0.25, 0.3) is 0 Å². The summed E-state index contributed by atoms with van der Waals surface area (Å²) in [6.07, 6.45) is 1.08. The van der Waals surface area contributed by atoms with Crippen LogP contribution >= 0.6 is 22.9 Å². The van der Waals surface area contributed by atoms with E-state index in [1.165, 1.54) is 9.75 Å². The van der Waals surface area contributed by atoms with Gasteiger partial charge in [-0.2, -0.15) is 0 Å². The standard InChI is InChI=1S/C15H18ClNOS/c1-3-11-7-8-12(19-11)10-18-15-6-4-5-14(16)13(15)9-17-2/h4-8,17H,3,9-10H2,1-2H3. The maximum absolute atomic E-state index is 6.20. The van der Waals surface area contributed by atoms with E-state index >= 15 is 0 Å². The van der Waals surface area contributed by atoms with Crippen LogP contribution < -0.4 is 10.1 Å². The first kappa shape index (κ1) is 14.4. The Labute approximate surface area is 123 Å². The molecule has 19 heavy (non-hydrogen) atoms. The van der Waals surface area contributed by atoms with E-state index in [-0.39, 0.29) is 0 Å². The average Bonchev–Trinajstić information content (AvgIpc) is 2.87. The van der Waals surface area contributed by atoms with E-state index in [9.17, 15) is 0 Å². The van der Waals surface area contributed by atoms with Gasteiger partial charge in [0.25, 0.3) is 0 Å². The van der Waals surface area contributed by atoms with Gasteiger partial charge >= 0.3 is 0 Å². The number of nitrogens with one attached hydrogen (secondary N) is 1. The monoisotopic (exact) mass is 295 g/mol. The Morgan fingerprint density at radius 3 is 2.68 bits per heavy atom. The van der Waals surface area contributed by atoms with E-state index in [1.54, 1.807) is 11.3 Å². The smallest absolute Gasteiger partial charge is 0.125 e. The molecule has 0 unspecified atom stereocenters. The molecule has 1 aromatic carbocycles. The molecule has 0 atom stereocenters. The lowest BCUT2D eigenvalue weighted by Crippen LogP contribution is -2.08. The number of thiophene rings is 1. The quantitative estimate of drug-likeness (QED) is 0.859. The molecule has 2 rings (SSSR count). The zero-order valence-electron chi connectivity index (χ0n) is 11.2. The fraction of sp³-hybridized carbons (Fsp3) is 0.333. The number of ether oxygens (including phenoxy) is 1. The van der Waals surface area contributed by atoms with Crippen LogP contribution in [0.1, 0.15) is 22.2 Å². The highest BCUT2D eigenvalue weighted by Crippen LogP contribution is 2.28. The molecule has 0 aliphatic rings. The Bertz CT molecular complexity index is 539. The zero-order chi connectivity index (χ0) is 13.7. The topological polar surface area (TPSA) is 21.3 Å². The SMILES string of the molecule is CCc1ccc(COc2cccc(Cl)c2CNC)s1. The van der Waals surface area contributed by atoms with Crippen LogP contribution in [0.5, 0.6) is 5.75 Å². The van der Waals surface area contributed by atoms with Gasteiger partial charge in [0.2, 0.25) is 0 Å². The summed E-state index contributed by atoms with van der Waals surface area (Å²) in [6, 6.07) is 10.1. The third kappa shape index (κ3) is 3.72. The molecule has 0 spiro atoms. The van der Waals surface area contributed by atoms with Crippen molar-refractivity contribution in [2.24, 2.45) is 0 Å². The Balaban J connectivity index is 2.08. The molecule has 2 nitrogen and oxygen atoms in total. The first-order valence-electron chi connectivity index (χ1n) is 6.37. The second-order valence-electron chi connectivity index (χ2n) is 4.26. The lowest BCUT2D eigenvalue weighted by atomic mass is 10.2. The highest BCUT2D eigenvalue weighted by atomic mass is 35.5. The van der Waals surface area contributed by atoms with E-state index in [4.69, 9.17) is 16.3 Å². The predicted octanol–water partition coefficient (Wildman–Crippen LogP) is 4.26. The fourth-order valence-electron chi connectivity index (χ4n) is 1.86. The molecule has 1 heterocycles. The lowest BCUT2D eigenvalue weighted by Gasteiger charge is -2.12. The second-order valence-corrected chi connectivity index (χ2v) is 5.92. The van der Waals surface area contributed by atoms with Crippen LogP contribution in [-0.4, -0.2) is 7.05 Å². The molecule has 0 radical (unpaired) electrons. The number of hydrogen-bond acceptors (Lipinski definition) is 3. The van der Waals surface area contributed by atoms with Crippen LogP contribution in [0.4, 0.5) is 0 Å². The summed E-state index contributed by atoms with van der Waals surface area (Å²) in [5, 5.41) is 3.86. The molecule has 0 amide bonds. The number of rotatable bonds is 6. The van der Waals surface area contributed by atoms with Crippen LogP contribution in [-0.2, 0) is 19.6 Å². The maximum atomic E-state index is 6.20. The van der Waals surface area contributed by atoms with Gasteiger partial charge in [0.15, 0.2) is 0 Å². The summed E-state index contributed by atoms with van der Waals surface area (Å²) >= 11 is 8.00. The molecule has 0 fully saturated rings. The van der Waals surface area contributed by atoms with Gasteiger partial charge < -0.3 is 10.1 Å². The van der Waals surface area contributed by atoms with Gasteiger partial charge in [0.1, 0.15) is 12.4 Å². The van der Waals surface area contributed by atoms with Gasteiger partial charge in [-0.05, 0) is 37.7 Å². The van der Waals surface area contributed by atoms with Crippen molar-refractivity contribution in [3.8, 4) is 5.75 Å². The molecule has 0 bridgehead atoms. The molecule has 4 heteroatoms. The summed E-state index contributed by atoms with van der Waals surface area (Å²) in [5.41, 5.74) is 1.01.